The summed E-state index contributed by atoms with van der Waals surface area (Å²) in [5, 5.41) is 10.9. The molecule has 4 N–H and O–H groups in total. The number of carbonyl (C=O) groups excluding carboxylic acids is 2. The van der Waals surface area contributed by atoms with Crippen LogP contribution in [0.5, 0.6) is 0 Å². The van der Waals surface area contributed by atoms with E-state index in [-0.39, 0.29) is 11.3 Å². The fourth-order valence-electron chi connectivity index (χ4n) is 2.61. The minimum absolute atomic E-state index is 0.0701. The average Bonchev–Trinajstić information content (AvgIpc) is 2.49. The first-order valence-electron chi connectivity index (χ1n) is 6.23. The van der Waals surface area contributed by atoms with Crippen molar-refractivity contribution in [1.29, 1.82) is 0 Å². The molecule has 0 saturated carbocycles. The molecule has 2 aliphatic rings. The third-order valence-electron chi connectivity index (χ3n) is 3.47. The van der Waals surface area contributed by atoms with Crippen LogP contribution in [0.2, 0.25) is 0 Å². The number of hydrogen-bond donors (Lipinski definition) is 3. The van der Waals surface area contributed by atoms with Crippen LogP contribution in [0.3, 0.4) is 0 Å². The Morgan fingerprint density at radius 3 is 2.74 bits per heavy atom. The highest BCUT2D eigenvalue weighted by Gasteiger charge is 2.42. The van der Waals surface area contributed by atoms with E-state index >= 15 is 0 Å². The molecule has 0 bridgehead atoms. The van der Waals surface area contributed by atoms with Crippen molar-refractivity contribution in [3.05, 3.63) is 0 Å². The molecule has 7 nitrogen and oxygen atoms in total. The van der Waals surface area contributed by atoms with E-state index < -0.39 is 24.1 Å². The number of carboxylic acid groups (broad SMARTS) is 1. The molecule has 0 aliphatic carbocycles. The minimum atomic E-state index is -1.23. The molecule has 106 valence electrons. The van der Waals surface area contributed by atoms with Gasteiger partial charge >= 0.3 is 6.09 Å². The number of nitrogens with zero attached hydrogens (tertiary/aromatic N) is 1. The molecule has 19 heavy (non-hydrogen) atoms. The van der Waals surface area contributed by atoms with E-state index in [1.165, 1.54) is 4.90 Å². The second-order valence-electron chi connectivity index (χ2n) is 4.71. The fraction of sp³-hybridized carbons (Fsp3) is 0.727. The van der Waals surface area contributed by atoms with Gasteiger partial charge < -0.3 is 21.1 Å². The summed E-state index contributed by atoms with van der Waals surface area (Å²) < 4.78 is 0. The molecular weight excluding hydrogens is 270 g/mol. The van der Waals surface area contributed by atoms with Crippen LogP contribution in [0.1, 0.15) is 25.7 Å². The normalized spacial score (nSPS) is 31.3. The molecule has 3 amide bonds. The largest absolute Gasteiger partial charge is 0.465 e. The Morgan fingerprint density at radius 1 is 1.37 bits per heavy atom. The second-order valence-corrected chi connectivity index (χ2v) is 6.00. The first-order valence-corrected chi connectivity index (χ1v) is 7.28. The number of rotatable bonds is 2. The number of thioether (sulfide) groups is 1. The van der Waals surface area contributed by atoms with Crippen LogP contribution in [0.4, 0.5) is 4.79 Å². The molecule has 0 aromatic heterocycles. The maximum atomic E-state index is 12.4. The Balaban J connectivity index is 2.22. The highest BCUT2D eigenvalue weighted by Crippen LogP contribution is 2.34. The Labute approximate surface area is 114 Å². The number of amides is 3. The monoisotopic (exact) mass is 287 g/mol. The number of nitrogens with two attached hydrogens (primary N) is 1. The number of fused-ring (bicyclic) bond motifs is 1. The lowest BCUT2D eigenvalue weighted by molar-refractivity contribution is -0.143. The molecule has 2 aliphatic heterocycles. The molecule has 2 saturated heterocycles. The molecule has 2 heterocycles. The van der Waals surface area contributed by atoms with E-state index in [1.54, 1.807) is 11.8 Å². The maximum absolute atomic E-state index is 12.4. The first-order chi connectivity index (χ1) is 9.00. The van der Waals surface area contributed by atoms with Crippen molar-refractivity contribution in [3.8, 4) is 0 Å². The van der Waals surface area contributed by atoms with Gasteiger partial charge in [0.15, 0.2) is 0 Å². The van der Waals surface area contributed by atoms with Crippen molar-refractivity contribution in [2.45, 2.75) is 43.1 Å². The van der Waals surface area contributed by atoms with E-state index in [4.69, 9.17) is 10.8 Å². The van der Waals surface area contributed by atoms with Gasteiger partial charge in [0.2, 0.25) is 11.8 Å². The topological polar surface area (TPSA) is 113 Å². The van der Waals surface area contributed by atoms with Crippen LogP contribution in [0.25, 0.3) is 0 Å². The molecular formula is C11H17N3O4S. The standard InChI is InChI=1S/C11H17N3O4S/c12-9(15)7-2-1-3-8-14(7)10(16)6(4-5-19-8)13-11(17)18/h6-8,13H,1-5H2,(H2,12,15)(H,17,18)/t6?,7?,8-/m0/s1. The summed E-state index contributed by atoms with van der Waals surface area (Å²) in [7, 11) is 0. The van der Waals surface area contributed by atoms with Crippen LogP contribution in [0, 0.1) is 0 Å². The average molecular weight is 287 g/mol. The van der Waals surface area contributed by atoms with Gasteiger partial charge in [-0.15, -0.1) is 11.8 Å². The van der Waals surface area contributed by atoms with Gasteiger partial charge in [0.05, 0.1) is 5.37 Å². The van der Waals surface area contributed by atoms with Gasteiger partial charge in [-0.2, -0.15) is 0 Å². The number of piperidine rings is 1. The maximum Gasteiger partial charge on any atom is 0.405 e. The quantitative estimate of drug-likeness (QED) is 0.659. The SMILES string of the molecule is NC(=O)C1CCC[C@@H]2SCCC(NC(=O)O)C(=O)N12. The number of primary amides is 1. The van der Waals surface area contributed by atoms with E-state index in [2.05, 4.69) is 5.32 Å². The summed E-state index contributed by atoms with van der Waals surface area (Å²) in [6.07, 6.45) is 1.44. The lowest BCUT2D eigenvalue weighted by Gasteiger charge is -2.40. The molecule has 0 radical (unpaired) electrons. The summed E-state index contributed by atoms with van der Waals surface area (Å²) in [5.74, 6) is -0.168. The van der Waals surface area contributed by atoms with Gasteiger partial charge in [-0.3, -0.25) is 9.59 Å². The van der Waals surface area contributed by atoms with Gasteiger partial charge in [-0.1, -0.05) is 0 Å². The van der Waals surface area contributed by atoms with Gasteiger partial charge in [-0.05, 0) is 31.4 Å². The van der Waals surface area contributed by atoms with Gasteiger partial charge in [0.25, 0.3) is 0 Å². The van der Waals surface area contributed by atoms with Crippen LogP contribution >= 0.6 is 11.8 Å². The van der Waals surface area contributed by atoms with E-state index in [9.17, 15) is 14.4 Å². The summed E-state index contributed by atoms with van der Waals surface area (Å²) in [5.41, 5.74) is 5.36. The molecule has 2 unspecified atom stereocenters. The van der Waals surface area contributed by atoms with Crippen molar-refractivity contribution in [2.75, 3.05) is 5.75 Å². The van der Waals surface area contributed by atoms with E-state index in [1.807, 2.05) is 0 Å². The molecule has 2 fully saturated rings. The van der Waals surface area contributed by atoms with Crippen LogP contribution in [-0.2, 0) is 9.59 Å². The third kappa shape index (κ3) is 2.94. The van der Waals surface area contributed by atoms with Crippen molar-refractivity contribution < 1.29 is 19.5 Å². The highest BCUT2D eigenvalue weighted by molar-refractivity contribution is 7.99. The first kappa shape index (κ1) is 14.0. The van der Waals surface area contributed by atoms with Crippen LogP contribution in [0.15, 0.2) is 0 Å². The third-order valence-corrected chi connectivity index (χ3v) is 4.79. The van der Waals surface area contributed by atoms with Crippen molar-refractivity contribution in [2.24, 2.45) is 5.73 Å². The zero-order valence-electron chi connectivity index (χ0n) is 10.4. The number of hydrogen-bond acceptors (Lipinski definition) is 4. The highest BCUT2D eigenvalue weighted by atomic mass is 32.2. The summed E-state index contributed by atoms with van der Waals surface area (Å²) in [4.78, 5) is 36.1. The van der Waals surface area contributed by atoms with Gasteiger partial charge in [0.1, 0.15) is 12.1 Å². The van der Waals surface area contributed by atoms with Crippen LogP contribution < -0.4 is 11.1 Å². The molecule has 0 spiro atoms. The zero-order chi connectivity index (χ0) is 14.0. The fourth-order valence-corrected chi connectivity index (χ4v) is 4.00. The summed E-state index contributed by atoms with van der Waals surface area (Å²) >= 11 is 1.59. The smallest absolute Gasteiger partial charge is 0.405 e. The van der Waals surface area contributed by atoms with E-state index in [0.717, 1.165) is 12.8 Å². The predicted octanol–water partition coefficient (Wildman–Crippen LogP) is -0.0480. The lowest BCUT2D eigenvalue weighted by atomic mass is 10.00. The summed E-state index contributed by atoms with van der Waals surface area (Å²) in [6.45, 7) is 0. The number of nitrogens with one attached hydrogen (secondary N) is 1. The Bertz CT molecular complexity index is 403. The second kappa shape index (κ2) is 5.68. The minimum Gasteiger partial charge on any atom is -0.465 e. The zero-order valence-corrected chi connectivity index (χ0v) is 11.2. The Morgan fingerprint density at radius 2 is 2.11 bits per heavy atom. The molecule has 0 aromatic rings. The van der Waals surface area contributed by atoms with E-state index in [0.29, 0.717) is 18.6 Å². The van der Waals surface area contributed by atoms with Gasteiger partial charge in [-0.25, -0.2) is 4.79 Å². The van der Waals surface area contributed by atoms with Crippen molar-refractivity contribution >= 4 is 29.7 Å². The Kier molecular flexibility index (Phi) is 4.18. The molecule has 3 atom stereocenters. The number of carbonyl (C=O) groups is 3. The lowest BCUT2D eigenvalue weighted by Crippen LogP contribution is -2.58. The van der Waals surface area contributed by atoms with Crippen molar-refractivity contribution in [3.63, 3.8) is 0 Å². The predicted molar refractivity (Wildman–Crippen MR) is 69.5 cm³/mol. The van der Waals surface area contributed by atoms with Crippen molar-refractivity contribution in [1.82, 2.24) is 10.2 Å². The molecule has 2 rings (SSSR count). The van der Waals surface area contributed by atoms with Gasteiger partial charge in [0, 0.05) is 0 Å². The molecule has 0 aromatic carbocycles. The van der Waals surface area contributed by atoms with Crippen LogP contribution in [-0.4, -0.2) is 51.1 Å². The Hall–Kier alpha value is -1.44. The molecule has 8 heteroatoms. The summed E-state index contributed by atoms with van der Waals surface area (Å²) in [6, 6.07) is -1.40.